The average Bonchev–Trinajstić information content (AvgIpc) is 2.44. The molecule has 2 amide bonds. The molecule has 5 nitrogen and oxygen atoms in total. The number of hydrogen-bond acceptors (Lipinski definition) is 3. The highest BCUT2D eigenvalue weighted by atomic mass is 16.3. The van der Waals surface area contributed by atoms with Crippen LogP contribution in [0.4, 0.5) is 0 Å². The SMILES string of the molecule is CC(O)CCCNC(=O)C(C)NC(=O)c1ccccc1. The van der Waals surface area contributed by atoms with E-state index in [2.05, 4.69) is 10.6 Å². The topological polar surface area (TPSA) is 78.4 Å². The van der Waals surface area contributed by atoms with Gasteiger partial charge in [0.1, 0.15) is 6.04 Å². The van der Waals surface area contributed by atoms with Crippen LogP contribution in [0.2, 0.25) is 0 Å². The van der Waals surface area contributed by atoms with Crippen molar-refractivity contribution in [1.82, 2.24) is 10.6 Å². The number of nitrogens with one attached hydrogen (secondary N) is 2. The van der Waals surface area contributed by atoms with Crippen LogP contribution in [0.1, 0.15) is 37.0 Å². The van der Waals surface area contributed by atoms with Crippen molar-refractivity contribution in [3.8, 4) is 0 Å². The number of hydrogen-bond donors (Lipinski definition) is 3. The zero-order valence-electron chi connectivity index (χ0n) is 11.9. The molecule has 3 N–H and O–H groups in total. The van der Waals surface area contributed by atoms with Gasteiger partial charge in [-0.15, -0.1) is 0 Å². The summed E-state index contributed by atoms with van der Waals surface area (Å²) in [6.07, 6.45) is 0.996. The molecule has 0 radical (unpaired) electrons. The van der Waals surface area contributed by atoms with Crippen molar-refractivity contribution in [2.45, 2.75) is 38.8 Å². The summed E-state index contributed by atoms with van der Waals surface area (Å²) in [5.74, 6) is -0.489. The Labute approximate surface area is 119 Å². The lowest BCUT2D eigenvalue weighted by atomic mass is 10.2. The Morgan fingerprint density at radius 3 is 2.45 bits per heavy atom. The molecule has 0 spiro atoms. The van der Waals surface area contributed by atoms with Gasteiger partial charge in [-0.3, -0.25) is 9.59 Å². The minimum Gasteiger partial charge on any atom is -0.393 e. The van der Waals surface area contributed by atoms with Crippen molar-refractivity contribution in [2.24, 2.45) is 0 Å². The Morgan fingerprint density at radius 1 is 1.20 bits per heavy atom. The first-order valence-electron chi connectivity index (χ1n) is 6.82. The van der Waals surface area contributed by atoms with Crippen LogP contribution in [-0.4, -0.2) is 35.6 Å². The number of carbonyl (C=O) groups is 2. The van der Waals surface area contributed by atoms with Crippen LogP contribution in [0.15, 0.2) is 30.3 Å². The third-order valence-corrected chi connectivity index (χ3v) is 2.87. The molecule has 1 aromatic carbocycles. The lowest BCUT2D eigenvalue weighted by Crippen LogP contribution is -2.45. The molecule has 1 rings (SSSR count). The maximum absolute atomic E-state index is 11.9. The van der Waals surface area contributed by atoms with Crippen molar-refractivity contribution in [3.63, 3.8) is 0 Å². The van der Waals surface area contributed by atoms with Gasteiger partial charge >= 0.3 is 0 Å². The first-order valence-corrected chi connectivity index (χ1v) is 6.82. The Balaban J connectivity index is 2.33. The van der Waals surface area contributed by atoms with Gasteiger partial charge in [0, 0.05) is 12.1 Å². The quantitative estimate of drug-likeness (QED) is 0.653. The summed E-state index contributed by atoms with van der Waals surface area (Å²) in [6.45, 7) is 3.85. The van der Waals surface area contributed by atoms with Gasteiger partial charge in [0.25, 0.3) is 5.91 Å². The largest absolute Gasteiger partial charge is 0.393 e. The molecular weight excluding hydrogens is 256 g/mol. The molecule has 5 heteroatoms. The molecule has 20 heavy (non-hydrogen) atoms. The van der Waals surface area contributed by atoms with Crippen LogP contribution in [0, 0.1) is 0 Å². The van der Waals surface area contributed by atoms with Crippen LogP contribution in [0.3, 0.4) is 0 Å². The molecule has 0 aromatic heterocycles. The van der Waals surface area contributed by atoms with Gasteiger partial charge in [-0.2, -0.15) is 0 Å². The smallest absolute Gasteiger partial charge is 0.251 e. The lowest BCUT2D eigenvalue weighted by Gasteiger charge is -2.14. The van der Waals surface area contributed by atoms with E-state index in [9.17, 15) is 9.59 Å². The van der Waals surface area contributed by atoms with Crippen LogP contribution in [0.25, 0.3) is 0 Å². The monoisotopic (exact) mass is 278 g/mol. The van der Waals surface area contributed by atoms with E-state index in [4.69, 9.17) is 5.11 Å². The molecule has 110 valence electrons. The van der Waals surface area contributed by atoms with Gasteiger partial charge in [0.2, 0.25) is 5.91 Å². The highest BCUT2D eigenvalue weighted by Crippen LogP contribution is 1.99. The summed E-state index contributed by atoms with van der Waals surface area (Å²) in [6, 6.07) is 8.18. The molecule has 0 heterocycles. The fourth-order valence-corrected chi connectivity index (χ4v) is 1.70. The summed E-state index contributed by atoms with van der Waals surface area (Å²) in [5.41, 5.74) is 0.529. The lowest BCUT2D eigenvalue weighted by molar-refractivity contribution is -0.122. The number of rotatable bonds is 7. The molecule has 0 aliphatic carbocycles. The van der Waals surface area contributed by atoms with Crippen LogP contribution in [0.5, 0.6) is 0 Å². The molecule has 0 bridgehead atoms. The summed E-state index contributed by atoms with van der Waals surface area (Å²) >= 11 is 0. The average molecular weight is 278 g/mol. The molecule has 0 saturated carbocycles. The predicted molar refractivity (Wildman–Crippen MR) is 77.3 cm³/mol. The van der Waals surface area contributed by atoms with Gasteiger partial charge in [-0.05, 0) is 38.8 Å². The van der Waals surface area contributed by atoms with Gasteiger partial charge in [0.15, 0.2) is 0 Å². The summed E-state index contributed by atoms with van der Waals surface area (Å²) in [7, 11) is 0. The third kappa shape index (κ3) is 5.84. The zero-order valence-corrected chi connectivity index (χ0v) is 11.9. The second-order valence-corrected chi connectivity index (χ2v) is 4.84. The summed E-state index contributed by atoms with van der Waals surface area (Å²) in [5, 5.41) is 14.5. The van der Waals surface area contributed by atoms with Crippen molar-refractivity contribution >= 4 is 11.8 Å². The Kier molecular flexibility index (Phi) is 6.73. The highest BCUT2D eigenvalue weighted by molar-refractivity contribution is 5.97. The van der Waals surface area contributed by atoms with Crippen LogP contribution < -0.4 is 10.6 Å². The predicted octanol–water partition coefficient (Wildman–Crippen LogP) is 1.08. The van der Waals surface area contributed by atoms with E-state index in [0.717, 1.165) is 0 Å². The number of amides is 2. The number of benzene rings is 1. The minimum atomic E-state index is -0.589. The molecule has 2 atom stereocenters. The van der Waals surface area contributed by atoms with E-state index >= 15 is 0 Å². The Hall–Kier alpha value is -1.88. The Bertz CT molecular complexity index is 432. The molecule has 0 saturated heterocycles. The van der Waals surface area contributed by atoms with E-state index in [1.54, 1.807) is 38.1 Å². The van der Waals surface area contributed by atoms with E-state index in [1.165, 1.54) is 0 Å². The summed E-state index contributed by atoms with van der Waals surface area (Å²) in [4.78, 5) is 23.6. The van der Waals surface area contributed by atoms with Gasteiger partial charge < -0.3 is 15.7 Å². The molecule has 0 fully saturated rings. The fourth-order valence-electron chi connectivity index (χ4n) is 1.70. The molecule has 0 aliphatic rings. The van der Waals surface area contributed by atoms with Gasteiger partial charge in [-0.25, -0.2) is 0 Å². The third-order valence-electron chi connectivity index (χ3n) is 2.87. The van der Waals surface area contributed by atoms with Crippen molar-refractivity contribution < 1.29 is 14.7 Å². The van der Waals surface area contributed by atoms with Crippen molar-refractivity contribution in [1.29, 1.82) is 0 Å². The maximum atomic E-state index is 11.9. The fraction of sp³-hybridized carbons (Fsp3) is 0.467. The number of carbonyl (C=O) groups excluding carboxylic acids is 2. The Morgan fingerprint density at radius 2 is 1.85 bits per heavy atom. The van der Waals surface area contributed by atoms with Crippen molar-refractivity contribution in [3.05, 3.63) is 35.9 Å². The number of aliphatic hydroxyl groups excluding tert-OH is 1. The van der Waals surface area contributed by atoms with Crippen LogP contribution >= 0.6 is 0 Å². The van der Waals surface area contributed by atoms with E-state index in [0.29, 0.717) is 24.9 Å². The van der Waals surface area contributed by atoms with E-state index in [-0.39, 0.29) is 17.9 Å². The first kappa shape index (κ1) is 16.2. The van der Waals surface area contributed by atoms with Crippen LogP contribution in [-0.2, 0) is 4.79 Å². The summed E-state index contributed by atoms with van der Waals surface area (Å²) < 4.78 is 0. The first-order chi connectivity index (χ1) is 9.50. The maximum Gasteiger partial charge on any atom is 0.251 e. The second-order valence-electron chi connectivity index (χ2n) is 4.84. The van der Waals surface area contributed by atoms with Gasteiger partial charge in [0.05, 0.1) is 6.10 Å². The number of aliphatic hydroxyl groups is 1. The van der Waals surface area contributed by atoms with Gasteiger partial charge in [-0.1, -0.05) is 18.2 Å². The highest BCUT2D eigenvalue weighted by Gasteiger charge is 2.15. The standard InChI is InChI=1S/C15H22N2O3/c1-11(18)7-6-10-16-14(19)12(2)17-15(20)13-8-4-3-5-9-13/h3-5,8-9,11-12,18H,6-7,10H2,1-2H3,(H,16,19)(H,17,20). The molecular formula is C15H22N2O3. The zero-order chi connectivity index (χ0) is 15.0. The molecule has 1 aromatic rings. The van der Waals surface area contributed by atoms with E-state index in [1.807, 2.05) is 6.07 Å². The second kappa shape index (κ2) is 8.32. The minimum absolute atomic E-state index is 0.222. The molecule has 2 unspecified atom stereocenters. The van der Waals surface area contributed by atoms with Crippen molar-refractivity contribution in [2.75, 3.05) is 6.54 Å². The van der Waals surface area contributed by atoms with E-state index < -0.39 is 6.04 Å². The normalized spacial score (nSPS) is 13.3. The molecule has 0 aliphatic heterocycles.